The van der Waals surface area contributed by atoms with Gasteiger partial charge < -0.3 is 10.6 Å². The summed E-state index contributed by atoms with van der Waals surface area (Å²) in [7, 11) is 1.68. The second-order valence-electron chi connectivity index (χ2n) is 7.30. The molecule has 1 aromatic carbocycles. The second-order valence-corrected chi connectivity index (χ2v) is 7.30. The average Bonchev–Trinajstić information content (AvgIpc) is 2.63. The van der Waals surface area contributed by atoms with Gasteiger partial charge in [0, 0.05) is 11.7 Å². The molecule has 0 aliphatic heterocycles. The first-order valence-corrected chi connectivity index (χ1v) is 9.53. The van der Waals surface area contributed by atoms with Gasteiger partial charge in [-0.1, -0.05) is 37.0 Å². The molecule has 1 aromatic rings. The highest BCUT2D eigenvalue weighted by molar-refractivity contribution is 5.97. The molecule has 148 valence electrons. The molecule has 0 radical (unpaired) electrons. The molecular weight excluding hydrogens is 344 g/mol. The Labute approximate surface area is 160 Å². The molecule has 1 aliphatic rings. The van der Waals surface area contributed by atoms with Crippen molar-refractivity contribution in [3.8, 4) is 0 Å². The molecule has 1 atom stereocenters. The highest BCUT2D eigenvalue weighted by Crippen LogP contribution is 2.17. The van der Waals surface area contributed by atoms with E-state index in [1.807, 2.05) is 31.2 Å². The number of nitrogens with one attached hydrogen (secondary N) is 3. The van der Waals surface area contributed by atoms with Gasteiger partial charge in [0.1, 0.15) is 0 Å². The second kappa shape index (κ2) is 10.1. The lowest BCUT2D eigenvalue weighted by Crippen LogP contribution is -2.51. The largest absolute Gasteiger partial charge is 0.335 e. The molecule has 1 aliphatic carbocycles. The molecule has 3 N–H and O–H groups in total. The molecule has 7 heteroatoms. The predicted molar refractivity (Wildman–Crippen MR) is 105 cm³/mol. The van der Waals surface area contributed by atoms with E-state index in [2.05, 4.69) is 16.0 Å². The molecule has 1 saturated carbocycles. The molecule has 0 spiro atoms. The molecule has 2 rings (SSSR count). The van der Waals surface area contributed by atoms with Crippen LogP contribution in [-0.2, 0) is 9.59 Å². The molecule has 7 nitrogen and oxygen atoms in total. The van der Waals surface area contributed by atoms with Crippen molar-refractivity contribution in [1.29, 1.82) is 0 Å². The number of carbonyl (C=O) groups is 3. The third-order valence-electron chi connectivity index (χ3n) is 4.95. The van der Waals surface area contributed by atoms with E-state index in [1.165, 1.54) is 6.42 Å². The maximum Gasteiger partial charge on any atom is 0.321 e. The maximum absolute atomic E-state index is 12.3. The fourth-order valence-electron chi connectivity index (χ4n) is 3.09. The number of carbonyl (C=O) groups excluding carboxylic acids is 3. The lowest BCUT2D eigenvalue weighted by Gasteiger charge is -2.25. The predicted octanol–water partition coefficient (Wildman–Crippen LogP) is 2.41. The molecule has 1 fully saturated rings. The van der Waals surface area contributed by atoms with Gasteiger partial charge >= 0.3 is 6.03 Å². The quantitative estimate of drug-likeness (QED) is 0.713. The fraction of sp³-hybridized carbons (Fsp3) is 0.550. The van der Waals surface area contributed by atoms with Crippen LogP contribution < -0.4 is 16.0 Å². The van der Waals surface area contributed by atoms with Crippen LogP contribution in [0.4, 0.5) is 10.5 Å². The summed E-state index contributed by atoms with van der Waals surface area (Å²) in [5, 5.41) is 8.02. The van der Waals surface area contributed by atoms with Crippen LogP contribution in [0, 0.1) is 6.92 Å². The minimum atomic E-state index is -0.606. The normalized spacial score (nSPS) is 15.9. The zero-order valence-corrected chi connectivity index (χ0v) is 16.4. The van der Waals surface area contributed by atoms with Crippen LogP contribution in [0.3, 0.4) is 0 Å². The van der Waals surface area contributed by atoms with Crippen molar-refractivity contribution in [3.05, 3.63) is 29.8 Å². The van der Waals surface area contributed by atoms with Crippen molar-refractivity contribution < 1.29 is 14.4 Å². The van der Waals surface area contributed by atoms with Crippen molar-refractivity contribution in [3.63, 3.8) is 0 Å². The van der Waals surface area contributed by atoms with Gasteiger partial charge in [-0.05, 0) is 45.9 Å². The Hall–Kier alpha value is -2.41. The highest BCUT2D eigenvalue weighted by Gasteiger charge is 2.23. The Morgan fingerprint density at radius 1 is 1.11 bits per heavy atom. The molecule has 1 unspecified atom stereocenters. The number of rotatable bonds is 6. The van der Waals surface area contributed by atoms with Crippen LogP contribution in [0.25, 0.3) is 0 Å². The number of hydrogen-bond donors (Lipinski definition) is 3. The summed E-state index contributed by atoms with van der Waals surface area (Å²) in [6.45, 7) is 3.69. The van der Waals surface area contributed by atoms with E-state index in [0.29, 0.717) is 5.69 Å². The number of nitrogens with zero attached hydrogens (tertiary/aromatic N) is 1. The van der Waals surface area contributed by atoms with Gasteiger partial charge in [0.25, 0.3) is 0 Å². The van der Waals surface area contributed by atoms with E-state index < -0.39 is 18.0 Å². The van der Waals surface area contributed by atoms with Crippen molar-refractivity contribution in [2.24, 2.45) is 0 Å². The average molecular weight is 374 g/mol. The summed E-state index contributed by atoms with van der Waals surface area (Å²) in [6.07, 6.45) is 5.32. The van der Waals surface area contributed by atoms with Crippen LogP contribution in [0.15, 0.2) is 24.3 Å². The van der Waals surface area contributed by atoms with Crippen LogP contribution in [-0.4, -0.2) is 48.4 Å². The summed E-state index contributed by atoms with van der Waals surface area (Å²) in [5.41, 5.74) is 1.82. The van der Waals surface area contributed by atoms with E-state index in [0.717, 1.165) is 31.2 Å². The smallest absolute Gasteiger partial charge is 0.321 e. The van der Waals surface area contributed by atoms with E-state index in [4.69, 9.17) is 0 Å². The number of amides is 4. The summed E-state index contributed by atoms with van der Waals surface area (Å²) in [4.78, 5) is 38.0. The number of hydrogen-bond acceptors (Lipinski definition) is 4. The molecule has 0 saturated heterocycles. The standard InChI is InChI=1S/C20H30N4O3/c1-14-9-11-17(12-10-14)21-18(25)13-24(3)15(2)19(26)23-20(27)22-16-7-5-4-6-8-16/h9-12,15-16H,4-8,13H2,1-3H3,(H,21,25)(H2,22,23,26,27). The minimum Gasteiger partial charge on any atom is -0.335 e. The Kier molecular flexibility index (Phi) is 7.79. The first kappa shape index (κ1) is 20.9. The third-order valence-corrected chi connectivity index (χ3v) is 4.95. The van der Waals surface area contributed by atoms with Gasteiger partial charge in [0.2, 0.25) is 11.8 Å². The van der Waals surface area contributed by atoms with Crippen molar-refractivity contribution in [2.45, 2.75) is 58.0 Å². The number of urea groups is 1. The highest BCUT2D eigenvalue weighted by atomic mass is 16.2. The van der Waals surface area contributed by atoms with Gasteiger partial charge in [-0.15, -0.1) is 0 Å². The van der Waals surface area contributed by atoms with Crippen LogP contribution in [0.2, 0.25) is 0 Å². The van der Waals surface area contributed by atoms with E-state index in [-0.39, 0.29) is 18.5 Å². The molecule has 0 heterocycles. The summed E-state index contributed by atoms with van der Waals surface area (Å²) in [5.74, 6) is -0.637. The van der Waals surface area contributed by atoms with Crippen molar-refractivity contribution >= 4 is 23.5 Å². The first-order chi connectivity index (χ1) is 12.8. The third kappa shape index (κ3) is 7.02. The summed E-state index contributed by atoms with van der Waals surface area (Å²) in [6, 6.07) is 6.57. The summed E-state index contributed by atoms with van der Waals surface area (Å²) < 4.78 is 0. The van der Waals surface area contributed by atoms with Crippen LogP contribution in [0.1, 0.15) is 44.6 Å². The molecular formula is C20H30N4O3. The molecule has 27 heavy (non-hydrogen) atoms. The van der Waals surface area contributed by atoms with Gasteiger partial charge in [0.15, 0.2) is 0 Å². The zero-order chi connectivity index (χ0) is 19.8. The Balaban J connectivity index is 1.76. The molecule has 4 amide bonds. The Bertz CT molecular complexity index is 654. The summed E-state index contributed by atoms with van der Waals surface area (Å²) >= 11 is 0. The number of anilines is 1. The lowest BCUT2D eigenvalue weighted by atomic mass is 9.96. The van der Waals surface area contributed by atoms with Gasteiger partial charge in [0.05, 0.1) is 12.6 Å². The SMILES string of the molecule is Cc1ccc(NC(=O)CN(C)C(C)C(=O)NC(=O)NC2CCCCC2)cc1. The lowest BCUT2D eigenvalue weighted by molar-refractivity contribution is -0.125. The number of likely N-dealkylation sites (N-methyl/N-ethyl adjacent to an activating group) is 1. The Morgan fingerprint density at radius 2 is 1.74 bits per heavy atom. The number of imide groups is 1. The first-order valence-electron chi connectivity index (χ1n) is 9.53. The fourth-order valence-corrected chi connectivity index (χ4v) is 3.09. The maximum atomic E-state index is 12.3. The van der Waals surface area contributed by atoms with Crippen LogP contribution >= 0.6 is 0 Å². The monoisotopic (exact) mass is 374 g/mol. The van der Waals surface area contributed by atoms with Gasteiger partial charge in [-0.3, -0.25) is 19.8 Å². The zero-order valence-electron chi connectivity index (χ0n) is 16.4. The van der Waals surface area contributed by atoms with E-state index in [1.54, 1.807) is 18.9 Å². The minimum absolute atomic E-state index is 0.0483. The van der Waals surface area contributed by atoms with E-state index in [9.17, 15) is 14.4 Å². The van der Waals surface area contributed by atoms with E-state index >= 15 is 0 Å². The molecule has 0 aromatic heterocycles. The Morgan fingerprint density at radius 3 is 2.37 bits per heavy atom. The number of benzene rings is 1. The van der Waals surface area contributed by atoms with Gasteiger partial charge in [-0.25, -0.2) is 4.79 Å². The van der Waals surface area contributed by atoms with Crippen molar-refractivity contribution in [2.75, 3.05) is 18.9 Å². The van der Waals surface area contributed by atoms with Crippen LogP contribution in [0.5, 0.6) is 0 Å². The number of aryl methyl sites for hydroxylation is 1. The molecule has 0 bridgehead atoms. The van der Waals surface area contributed by atoms with Crippen molar-refractivity contribution in [1.82, 2.24) is 15.5 Å². The van der Waals surface area contributed by atoms with Gasteiger partial charge in [-0.2, -0.15) is 0 Å². The topological polar surface area (TPSA) is 90.5 Å².